The summed E-state index contributed by atoms with van der Waals surface area (Å²) in [6, 6.07) is 14.9. The highest BCUT2D eigenvalue weighted by atomic mass is 16.5. The van der Waals surface area contributed by atoms with E-state index >= 15 is 0 Å². The van der Waals surface area contributed by atoms with Crippen molar-refractivity contribution in [3.63, 3.8) is 0 Å². The van der Waals surface area contributed by atoms with Gasteiger partial charge in [-0.1, -0.05) is 90.8 Å². The van der Waals surface area contributed by atoms with E-state index in [-0.39, 0.29) is 16.2 Å². The van der Waals surface area contributed by atoms with Gasteiger partial charge in [-0.25, -0.2) is 0 Å². The highest BCUT2D eigenvalue weighted by Crippen LogP contribution is 2.55. The Bertz CT molecular complexity index is 1160. The molecule has 0 bridgehead atoms. The molecule has 44 heavy (non-hydrogen) atoms. The van der Waals surface area contributed by atoms with E-state index in [0.29, 0.717) is 26.4 Å². The Kier molecular flexibility index (Phi) is 13.5. The van der Waals surface area contributed by atoms with Crippen molar-refractivity contribution < 1.29 is 18.7 Å². The Labute approximate surface area is 271 Å². The Balaban J connectivity index is 2.01. The number of unbranched alkanes of at least 4 members (excludes halogenated alkanes) is 3. The fraction of sp³-hybridized carbons (Fsp3) is 0.700. The fourth-order valence-electron chi connectivity index (χ4n) is 6.89. The monoisotopic (exact) mass is 609 g/mol. The molecule has 2 aromatic carbocycles. The van der Waals surface area contributed by atoms with Crippen LogP contribution in [0.15, 0.2) is 36.4 Å². The molecule has 248 valence electrons. The van der Waals surface area contributed by atoms with Crippen LogP contribution in [0.25, 0.3) is 11.1 Å². The predicted molar refractivity (Wildman–Crippen MR) is 188 cm³/mol. The maximum absolute atomic E-state index is 6.30. The van der Waals surface area contributed by atoms with Crippen LogP contribution >= 0.6 is 0 Å². The van der Waals surface area contributed by atoms with Gasteiger partial charge in [0.25, 0.3) is 0 Å². The van der Waals surface area contributed by atoms with Crippen molar-refractivity contribution in [2.24, 2.45) is 0 Å². The molecule has 0 aliphatic heterocycles. The summed E-state index contributed by atoms with van der Waals surface area (Å²) < 4.78 is 18.2. The molecule has 0 fully saturated rings. The first-order valence-corrected chi connectivity index (χ1v) is 17.6. The van der Waals surface area contributed by atoms with Crippen LogP contribution in [0, 0.1) is 0 Å². The molecular formula is C40H66NO3+. The summed E-state index contributed by atoms with van der Waals surface area (Å²) in [6.07, 6.45) is 10.7. The molecule has 0 saturated carbocycles. The van der Waals surface area contributed by atoms with Crippen molar-refractivity contribution in [1.82, 2.24) is 0 Å². The lowest BCUT2D eigenvalue weighted by molar-refractivity contribution is -0.870. The zero-order valence-corrected chi connectivity index (χ0v) is 30.2. The number of hydrogen-bond acceptors (Lipinski definition) is 3. The standard InChI is InChI=1S/C40H66NO3/c1-11-38(4,5)32-18-20-34-35-21-19-33(39(6,12-2)13-3)31-37(35)40(36(34)30-32,22-16-14-15-17-24-41(7,8)9)23-25-43-28-29-44-27-26-42-10/h18-21,30-31H,11-17,22-29H2,1-10H3/q+1. The minimum absolute atomic E-state index is 0.0418. The van der Waals surface area contributed by atoms with E-state index < -0.39 is 0 Å². The number of methoxy groups -OCH3 is 1. The van der Waals surface area contributed by atoms with Gasteiger partial charge in [-0.05, 0) is 89.2 Å². The van der Waals surface area contributed by atoms with Crippen molar-refractivity contribution in [1.29, 1.82) is 0 Å². The zero-order valence-electron chi connectivity index (χ0n) is 30.2. The molecule has 4 heteroatoms. The van der Waals surface area contributed by atoms with E-state index in [0.717, 1.165) is 36.8 Å². The van der Waals surface area contributed by atoms with Crippen molar-refractivity contribution in [2.45, 2.75) is 116 Å². The minimum Gasteiger partial charge on any atom is -0.382 e. The van der Waals surface area contributed by atoms with E-state index in [9.17, 15) is 0 Å². The van der Waals surface area contributed by atoms with Crippen molar-refractivity contribution >= 4 is 0 Å². The number of hydrogen-bond donors (Lipinski definition) is 0. The zero-order chi connectivity index (χ0) is 32.4. The molecule has 0 saturated heterocycles. The second-order valence-electron chi connectivity index (χ2n) is 15.3. The molecule has 1 aliphatic rings. The first-order valence-electron chi connectivity index (χ1n) is 17.6. The Morgan fingerprint density at radius 1 is 0.636 bits per heavy atom. The average molecular weight is 609 g/mol. The molecule has 4 nitrogen and oxygen atoms in total. The van der Waals surface area contributed by atoms with Crippen LogP contribution in [0.1, 0.15) is 122 Å². The van der Waals surface area contributed by atoms with Gasteiger partial charge in [0, 0.05) is 19.1 Å². The van der Waals surface area contributed by atoms with E-state index in [1.54, 1.807) is 7.11 Å². The third kappa shape index (κ3) is 8.96. The lowest BCUT2D eigenvalue weighted by Gasteiger charge is -2.35. The number of fused-ring (bicyclic) bond motifs is 3. The van der Waals surface area contributed by atoms with Crippen molar-refractivity contribution in [3.05, 3.63) is 58.7 Å². The first-order chi connectivity index (χ1) is 20.9. The summed E-state index contributed by atoms with van der Waals surface area (Å²) in [6.45, 7) is 18.7. The quantitative estimate of drug-likeness (QED) is 0.104. The maximum atomic E-state index is 6.30. The molecule has 1 aliphatic carbocycles. The normalized spacial score (nSPS) is 16.8. The second kappa shape index (κ2) is 16.2. The van der Waals surface area contributed by atoms with E-state index in [2.05, 4.69) is 99.1 Å². The Morgan fingerprint density at radius 2 is 1.18 bits per heavy atom. The third-order valence-corrected chi connectivity index (χ3v) is 10.9. The van der Waals surface area contributed by atoms with E-state index in [1.807, 2.05) is 0 Å². The summed E-state index contributed by atoms with van der Waals surface area (Å²) in [7, 11) is 8.62. The van der Waals surface area contributed by atoms with Crippen LogP contribution in [0.2, 0.25) is 0 Å². The van der Waals surface area contributed by atoms with Gasteiger partial charge in [0.1, 0.15) is 0 Å². The van der Waals surface area contributed by atoms with E-state index in [1.165, 1.54) is 72.0 Å². The fourth-order valence-corrected chi connectivity index (χ4v) is 6.89. The topological polar surface area (TPSA) is 27.7 Å². The molecule has 3 rings (SSSR count). The summed E-state index contributed by atoms with van der Waals surface area (Å²) in [4.78, 5) is 0. The molecule has 2 aromatic rings. The van der Waals surface area contributed by atoms with Gasteiger partial charge in [-0.3, -0.25) is 0 Å². The SMILES string of the molecule is CCC(C)(C)c1ccc2c(c1)C(CCCCCC[N+](C)(C)C)(CCOCCOCCOC)c1cc(C(C)(CC)CC)ccc1-2. The molecule has 0 heterocycles. The molecular weight excluding hydrogens is 542 g/mol. The maximum Gasteiger partial charge on any atom is 0.0780 e. The summed E-state index contributed by atoms with van der Waals surface area (Å²) >= 11 is 0. The van der Waals surface area contributed by atoms with Crippen LogP contribution in [-0.2, 0) is 30.5 Å². The summed E-state index contributed by atoms with van der Waals surface area (Å²) in [5.74, 6) is 0. The molecule has 0 amide bonds. The molecule has 1 atom stereocenters. The number of rotatable bonds is 21. The summed E-state index contributed by atoms with van der Waals surface area (Å²) in [5, 5.41) is 0. The lowest BCUT2D eigenvalue weighted by Crippen LogP contribution is -2.35. The van der Waals surface area contributed by atoms with Gasteiger partial charge < -0.3 is 18.7 Å². The van der Waals surface area contributed by atoms with Gasteiger partial charge in [-0.15, -0.1) is 0 Å². The van der Waals surface area contributed by atoms with Crippen LogP contribution in [0.4, 0.5) is 0 Å². The second-order valence-corrected chi connectivity index (χ2v) is 15.3. The number of ether oxygens (including phenoxy) is 3. The molecule has 0 spiro atoms. The molecule has 1 unspecified atom stereocenters. The predicted octanol–water partition coefficient (Wildman–Crippen LogP) is 9.44. The highest BCUT2D eigenvalue weighted by Gasteiger charge is 2.44. The van der Waals surface area contributed by atoms with Crippen LogP contribution < -0.4 is 0 Å². The van der Waals surface area contributed by atoms with Crippen LogP contribution in [0.3, 0.4) is 0 Å². The number of quaternary nitrogens is 1. The average Bonchev–Trinajstić information content (AvgIpc) is 3.27. The third-order valence-electron chi connectivity index (χ3n) is 10.9. The minimum atomic E-state index is -0.0418. The van der Waals surface area contributed by atoms with E-state index in [4.69, 9.17) is 14.2 Å². The van der Waals surface area contributed by atoms with Gasteiger partial charge in [0.15, 0.2) is 0 Å². The largest absolute Gasteiger partial charge is 0.382 e. The van der Waals surface area contributed by atoms with Gasteiger partial charge in [-0.2, -0.15) is 0 Å². The summed E-state index contributed by atoms with van der Waals surface area (Å²) in [5.41, 5.74) is 9.18. The van der Waals surface area contributed by atoms with Gasteiger partial charge >= 0.3 is 0 Å². The molecule has 0 aromatic heterocycles. The first kappa shape index (κ1) is 36.7. The number of nitrogens with zero attached hydrogens (tertiary/aromatic N) is 1. The molecule has 0 N–H and O–H groups in total. The Morgan fingerprint density at radius 3 is 1.75 bits per heavy atom. The van der Waals surface area contributed by atoms with Gasteiger partial charge in [0.2, 0.25) is 0 Å². The van der Waals surface area contributed by atoms with Gasteiger partial charge in [0.05, 0.1) is 54.1 Å². The number of benzene rings is 2. The van der Waals surface area contributed by atoms with Crippen molar-refractivity contribution in [3.8, 4) is 11.1 Å². The Hall–Kier alpha value is -1.72. The highest BCUT2D eigenvalue weighted by molar-refractivity contribution is 5.82. The van der Waals surface area contributed by atoms with Crippen molar-refractivity contribution in [2.75, 3.05) is 67.8 Å². The lowest BCUT2D eigenvalue weighted by atomic mass is 9.69. The molecule has 0 radical (unpaired) electrons. The van der Waals surface area contributed by atoms with Crippen LogP contribution in [0.5, 0.6) is 0 Å². The smallest absolute Gasteiger partial charge is 0.0780 e. The van der Waals surface area contributed by atoms with Crippen LogP contribution in [-0.4, -0.2) is 72.3 Å².